The van der Waals surface area contributed by atoms with Gasteiger partial charge in [-0.15, -0.1) is 0 Å². The summed E-state index contributed by atoms with van der Waals surface area (Å²) in [6, 6.07) is 7.04. The van der Waals surface area contributed by atoms with Gasteiger partial charge in [-0.25, -0.2) is 13.6 Å². The Morgan fingerprint density at radius 3 is 2.21 bits per heavy atom. The topological polar surface area (TPSA) is 63.3 Å². The van der Waals surface area contributed by atoms with E-state index in [1.165, 1.54) is 24.3 Å². The van der Waals surface area contributed by atoms with E-state index in [1.54, 1.807) is 6.07 Å². The molecule has 3 nitrogen and oxygen atoms in total. The van der Waals surface area contributed by atoms with E-state index in [0.29, 0.717) is 0 Å². The van der Waals surface area contributed by atoms with Gasteiger partial charge in [-0.05, 0) is 5.56 Å². The Morgan fingerprint density at radius 1 is 1.36 bits per heavy atom. The molecule has 1 aromatic rings. The number of hydrogen-bond donors (Lipinski definition) is 2. The molecule has 5 heteroatoms. The standard InChI is InChI=1S/C9H9F2NO2/c10-7(11)9(12,8(13)14)6-4-2-1-3-5-6/h1-5,7H,12H2,(H,13,14)/t9-/m0/s1. The predicted molar refractivity (Wildman–Crippen MR) is 45.9 cm³/mol. The zero-order chi connectivity index (χ0) is 10.8. The summed E-state index contributed by atoms with van der Waals surface area (Å²) in [5, 5.41) is 8.65. The van der Waals surface area contributed by atoms with Gasteiger partial charge in [-0.2, -0.15) is 0 Å². The van der Waals surface area contributed by atoms with E-state index in [9.17, 15) is 13.6 Å². The average molecular weight is 201 g/mol. The van der Waals surface area contributed by atoms with Crippen molar-refractivity contribution in [3.05, 3.63) is 35.9 Å². The van der Waals surface area contributed by atoms with Crippen molar-refractivity contribution >= 4 is 5.97 Å². The van der Waals surface area contributed by atoms with Crippen molar-refractivity contribution in [3.8, 4) is 0 Å². The van der Waals surface area contributed by atoms with Crippen molar-refractivity contribution in [1.29, 1.82) is 0 Å². The average Bonchev–Trinajstić information content (AvgIpc) is 2.17. The predicted octanol–water partition coefficient (Wildman–Crippen LogP) is 1.19. The van der Waals surface area contributed by atoms with Crippen molar-refractivity contribution in [1.82, 2.24) is 0 Å². The molecule has 0 aliphatic carbocycles. The molecule has 0 aromatic heterocycles. The smallest absolute Gasteiger partial charge is 0.334 e. The van der Waals surface area contributed by atoms with Crippen LogP contribution in [0.2, 0.25) is 0 Å². The third-order valence-corrected chi connectivity index (χ3v) is 1.95. The van der Waals surface area contributed by atoms with Crippen LogP contribution in [0.1, 0.15) is 5.56 Å². The summed E-state index contributed by atoms with van der Waals surface area (Å²) in [5.74, 6) is -1.74. The van der Waals surface area contributed by atoms with Gasteiger partial charge in [0.05, 0.1) is 0 Å². The molecule has 1 rings (SSSR count). The third kappa shape index (κ3) is 1.58. The van der Waals surface area contributed by atoms with E-state index in [-0.39, 0.29) is 5.56 Å². The maximum absolute atomic E-state index is 12.5. The van der Waals surface area contributed by atoms with E-state index in [1.807, 2.05) is 0 Å². The molecule has 0 saturated carbocycles. The first-order valence-electron chi connectivity index (χ1n) is 3.85. The molecule has 0 spiro atoms. The van der Waals surface area contributed by atoms with Crippen molar-refractivity contribution in [2.75, 3.05) is 0 Å². The molecule has 14 heavy (non-hydrogen) atoms. The second-order valence-electron chi connectivity index (χ2n) is 2.84. The summed E-state index contributed by atoms with van der Waals surface area (Å²) >= 11 is 0. The zero-order valence-electron chi connectivity index (χ0n) is 7.15. The summed E-state index contributed by atoms with van der Waals surface area (Å²) in [6.07, 6.45) is -3.15. The number of carboxylic acids is 1. The molecule has 0 aliphatic rings. The van der Waals surface area contributed by atoms with E-state index in [0.717, 1.165) is 0 Å². The highest BCUT2D eigenvalue weighted by atomic mass is 19.3. The third-order valence-electron chi connectivity index (χ3n) is 1.95. The quantitative estimate of drug-likeness (QED) is 0.772. The number of halogens is 2. The summed E-state index contributed by atoms with van der Waals surface area (Å²) in [7, 11) is 0. The van der Waals surface area contributed by atoms with Gasteiger partial charge in [0.1, 0.15) is 0 Å². The molecule has 1 atom stereocenters. The summed E-state index contributed by atoms with van der Waals surface area (Å²) in [5.41, 5.74) is 2.42. The molecular weight excluding hydrogens is 192 g/mol. The van der Waals surface area contributed by atoms with Crippen LogP contribution in [0.25, 0.3) is 0 Å². The Bertz CT molecular complexity index is 329. The van der Waals surface area contributed by atoms with Crippen molar-refractivity contribution < 1.29 is 18.7 Å². The molecule has 76 valence electrons. The maximum atomic E-state index is 12.5. The minimum atomic E-state index is -3.15. The summed E-state index contributed by atoms with van der Waals surface area (Å²) in [6.45, 7) is 0. The summed E-state index contributed by atoms with van der Waals surface area (Å²) in [4.78, 5) is 10.7. The Kier molecular flexibility index (Phi) is 2.81. The van der Waals surface area contributed by atoms with Crippen LogP contribution >= 0.6 is 0 Å². The van der Waals surface area contributed by atoms with Gasteiger partial charge in [0.25, 0.3) is 6.43 Å². The Hall–Kier alpha value is -1.49. The van der Waals surface area contributed by atoms with Crippen LogP contribution < -0.4 is 5.73 Å². The lowest BCUT2D eigenvalue weighted by molar-refractivity contribution is -0.150. The minimum Gasteiger partial charge on any atom is -0.479 e. The van der Waals surface area contributed by atoms with Gasteiger partial charge in [0.15, 0.2) is 0 Å². The normalized spacial score (nSPS) is 15.1. The number of carbonyl (C=O) groups is 1. The lowest BCUT2D eigenvalue weighted by atomic mass is 9.92. The highest BCUT2D eigenvalue weighted by Gasteiger charge is 2.45. The van der Waals surface area contributed by atoms with Crippen molar-refractivity contribution in [2.24, 2.45) is 5.73 Å². The van der Waals surface area contributed by atoms with Crippen LogP contribution in [-0.4, -0.2) is 17.5 Å². The second-order valence-corrected chi connectivity index (χ2v) is 2.84. The van der Waals surface area contributed by atoms with Gasteiger partial charge >= 0.3 is 5.97 Å². The van der Waals surface area contributed by atoms with Crippen LogP contribution in [0.5, 0.6) is 0 Å². The monoisotopic (exact) mass is 201 g/mol. The van der Waals surface area contributed by atoms with Gasteiger partial charge in [-0.1, -0.05) is 30.3 Å². The van der Waals surface area contributed by atoms with Crippen LogP contribution in [-0.2, 0) is 10.3 Å². The summed E-state index contributed by atoms with van der Waals surface area (Å²) < 4.78 is 25.0. The van der Waals surface area contributed by atoms with Crippen molar-refractivity contribution in [3.63, 3.8) is 0 Å². The molecule has 0 saturated heterocycles. The molecule has 1 aromatic carbocycles. The lowest BCUT2D eigenvalue weighted by Crippen LogP contribution is -2.51. The fourth-order valence-corrected chi connectivity index (χ4v) is 1.06. The van der Waals surface area contributed by atoms with E-state index >= 15 is 0 Å². The minimum absolute atomic E-state index is 0.109. The SMILES string of the molecule is N[C@@](C(=O)O)(c1ccccc1)C(F)F. The molecule has 0 bridgehead atoms. The Labute approximate surface area is 79.2 Å². The highest BCUT2D eigenvalue weighted by molar-refractivity contribution is 5.81. The number of alkyl halides is 2. The molecule has 0 aliphatic heterocycles. The number of carboxylic acid groups (broad SMARTS) is 1. The first-order valence-corrected chi connectivity index (χ1v) is 3.85. The van der Waals surface area contributed by atoms with Gasteiger partial charge in [0.2, 0.25) is 5.54 Å². The Balaban J connectivity index is 3.20. The molecule has 0 amide bonds. The highest BCUT2D eigenvalue weighted by Crippen LogP contribution is 2.25. The second kappa shape index (κ2) is 3.71. The van der Waals surface area contributed by atoms with Crippen LogP contribution in [0.4, 0.5) is 8.78 Å². The number of aliphatic carboxylic acids is 1. The zero-order valence-corrected chi connectivity index (χ0v) is 7.15. The maximum Gasteiger partial charge on any atom is 0.334 e. The number of nitrogens with two attached hydrogens (primary N) is 1. The molecule has 0 unspecified atom stereocenters. The fraction of sp³-hybridized carbons (Fsp3) is 0.222. The number of rotatable bonds is 3. The van der Waals surface area contributed by atoms with Crippen LogP contribution in [0.15, 0.2) is 30.3 Å². The Morgan fingerprint density at radius 2 is 1.86 bits per heavy atom. The molecule has 0 fully saturated rings. The van der Waals surface area contributed by atoms with Gasteiger partial charge in [0, 0.05) is 0 Å². The fourth-order valence-electron chi connectivity index (χ4n) is 1.06. The molecule has 0 heterocycles. The van der Waals surface area contributed by atoms with E-state index in [2.05, 4.69) is 0 Å². The number of hydrogen-bond acceptors (Lipinski definition) is 2. The van der Waals surface area contributed by atoms with E-state index in [4.69, 9.17) is 10.8 Å². The lowest BCUT2D eigenvalue weighted by Gasteiger charge is -2.23. The van der Waals surface area contributed by atoms with Gasteiger partial charge in [-0.3, -0.25) is 0 Å². The largest absolute Gasteiger partial charge is 0.479 e. The van der Waals surface area contributed by atoms with Crippen LogP contribution in [0.3, 0.4) is 0 Å². The molecule has 3 N–H and O–H groups in total. The van der Waals surface area contributed by atoms with Crippen molar-refractivity contribution in [2.45, 2.75) is 12.0 Å². The number of benzene rings is 1. The first kappa shape index (κ1) is 10.6. The van der Waals surface area contributed by atoms with Crippen LogP contribution in [0, 0.1) is 0 Å². The first-order chi connectivity index (χ1) is 6.49. The molecular formula is C9H9F2NO2. The van der Waals surface area contributed by atoms with E-state index < -0.39 is 17.9 Å². The van der Waals surface area contributed by atoms with Gasteiger partial charge < -0.3 is 10.8 Å². The molecule has 0 radical (unpaired) electrons.